The van der Waals surface area contributed by atoms with E-state index >= 15 is 0 Å². The first-order chi connectivity index (χ1) is 10.2. The molecule has 2 aromatic heterocycles. The molecule has 3 rings (SSSR count). The summed E-state index contributed by atoms with van der Waals surface area (Å²) in [6.45, 7) is 5.03. The lowest BCUT2D eigenvalue weighted by molar-refractivity contribution is 0.237. The first-order valence-electron chi connectivity index (χ1n) is 7.94. The third-order valence-corrected chi connectivity index (χ3v) is 4.27. The van der Waals surface area contributed by atoms with E-state index in [2.05, 4.69) is 4.90 Å². The average Bonchev–Trinajstić information content (AvgIpc) is 2.43. The normalized spacial score (nSPS) is 17.6. The van der Waals surface area contributed by atoms with Gasteiger partial charge in [-0.15, -0.1) is 0 Å². The molecule has 0 bridgehead atoms. The van der Waals surface area contributed by atoms with Gasteiger partial charge < -0.3 is 0 Å². The molecule has 4 nitrogen and oxygen atoms in total. The molecule has 112 valence electrons. The molecule has 4 heteroatoms. The van der Waals surface area contributed by atoms with Gasteiger partial charge in [-0.2, -0.15) is 0 Å². The van der Waals surface area contributed by atoms with Crippen LogP contribution in [0.3, 0.4) is 0 Å². The fraction of sp³-hybridized carbons (Fsp3) is 0.529. The van der Waals surface area contributed by atoms with Crippen molar-refractivity contribution in [2.45, 2.75) is 45.6 Å². The Kier molecular flexibility index (Phi) is 4.34. The highest BCUT2D eigenvalue weighted by atomic mass is 16.1. The van der Waals surface area contributed by atoms with Gasteiger partial charge in [-0.25, -0.2) is 4.98 Å². The highest BCUT2D eigenvalue weighted by Gasteiger charge is 2.11. The summed E-state index contributed by atoms with van der Waals surface area (Å²) in [4.78, 5) is 19.4. The maximum atomic E-state index is 12.2. The quantitative estimate of drug-likeness (QED) is 0.851. The second-order valence-corrected chi connectivity index (χ2v) is 6.01. The molecule has 1 aliphatic heterocycles. The maximum absolute atomic E-state index is 12.2. The molecular formula is C17H23N3O. The smallest absolute Gasteiger partial charge is 0.258 e. The van der Waals surface area contributed by atoms with E-state index < -0.39 is 0 Å². The summed E-state index contributed by atoms with van der Waals surface area (Å²) in [6, 6.07) is 5.58. The Balaban J connectivity index is 1.86. The zero-order valence-corrected chi connectivity index (χ0v) is 12.7. The molecule has 1 saturated heterocycles. The Labute approximate surface area is 125 Å². The molecule has 0 unspecified atom stereocenters. The van der Waals surface area contributed by atoms with Crippen molar-refractivity contribution < 1.29 is 0 Å². The number of nitrogens with zero attached hydrogens (tertiary/aromatic N) is 3. The van der Waals surface area contributed by atoms with Crippen molar-refractivity contribution in [1.82, 2.24) is 14.3 Å². The molecule has 2 aromatic rings. The van der Waals surface area contributed by atoms with E-state index in [4.69, 9.17) is 4.98 Å². The van der Waals surface area contributed by atoms with Crippen LogP contribution in [0.25, 0.3) is 5.65 Å². The highest BCUT2D eigenvalue weighted by molar-refractivity contribution is 5.46. The van der Waals surface area contributed by atoms with Crippen LogP contribution >= 0.6 is 0 Å². The van der Waals surface area contributed by atoms with Gasteiger partial charge in [0, 0.05) is 18.8 Å². The largest absolute Gasteiger partial charge is 0.298 e. The number of hydrogen-bond donors (Lipinski definition) is 0. The monoisotopic (exact) mass is 285 g/mol. The molecule has 0 radical (unpaired) electrons. The van der Waals surface area contributed by atoms with Gasteiger partial charge in [-0.3, -0.25) is 14.1 Å². The topological polar surface area (TPSA) is 37.6 Å². The number of aromatic nitrogens is 2. The van der Waals surface area contributed by atoms with Crippen LogP contribution in [0.1, 0.15) is 43.4 Å². The van der Waals surface area contributed by atoms with Crippen molar-refractivity contribution in [2.75, 3.05) is 13.1 Å². The summed E-state index contributed by atoms with van der Waals surface area (Å²) in [5, 5.41) is 0. The van der Waals surface area contributed by atoms with Gasteiger partial charge in [-0.1, -0.05) is 25.3 Å². The molecule has 0 amide bonds. The van der Waals surface area contributed by atoms with E-state index in [1.165, 1.54) is 32.1 Å². The number of likely N-dealkylation sites (tertiary alicyclic amines) is 1. The van der Waals surface area contributed by atoms with Crippen molar-refractivity contribution in [2.24, 2.45) is 0 Å². The summed E-state index contributed by atoms with van der Waals surface area (Å²) in [5.41, 5.74) is 2.75. The fourth-order valence-corrected chi connectivity index (χ4v) is 3.09. The van der Waals surface area contributed by atoms with E-state index in [1.54, 1.807) is 16.7 Å². The standard InChI is InChI=1S/C17H23N3O/c1-14-8-7-11-20-16(21)12-15(18-17(14)20)13-19-9-5-3-2-4-6-10-19/h7-8,11-12H,2-6,9-10,13H2,1H3. The number of rotatable bonds is 2. The average molecular weight is 285 g/mol. The maximum Gasteiger partial charge on any atom is 0.258 e. The van der Waals surface area contributed by atoms with Gasteiger partial charge in [0.05, 0.1) is 5.69 Å². The summed E-state index contributed by atoms with van der Waals surface area (Å²) in [7, 11) is 0. The number of aryl methyl sites for hydroxylation is 1. The Morgan fingerprint density at radius 2 is 1.86 bits per heavy atom. The molecule has 0 atom stereocenters. The van der Waals surface area contributed by atoms with Crippen LogP contribution in [-0.4, -0.2) is 27.4 Å². The van der Waals surface area contributed by atoms with Gasteiger partial charge in [0.1, 0.15) is 5.65 Å². The van der Waals surface area contributed by atoms with E-state index in [1.807, 2.05) is 19.1 Å². The van der Waals surface area contributed by atoms with Crippen LogP contribution in [0, 0.1) is 6.92 Å². The summed E-state index contributed by atoms with van der Waals surface area (Å²) in [5.74, 6) is 0. The van der Waals surface area contributed by atoms with Crippen LogP contribution in [-0.2, 0) is 6.54 Å². The van der Waals surface area contributed by atoms with Gasteiger partial charge >= 0.3 is 0 Å². The van der Waals surface area contributed by atoms with Crippen LogP contribution < -0.4 is 5.56 Å². The second kappa shape index (κ2) is 6.39. The SMILES string of the molecule is Cc1cccn2c(=O)cc(CN3CCCCCCC3)nc12. The minimum atomic E-state index is 0.0192. The number of fused-ring (bicyclic) bond motifs is 1. The fourth-order valence-electron chi connectivity index (χ4n) is 3.09. The van der Waals surface area contributed by atoms with Gasteiger partial charge in [0.25, 0.3) is 5.56 Å². The van der Waals surface area contributed by atoms with E-state index in [9.17, 15) is 4.79 Å². The van der Waals surface area contributed by atoms with E-state index in [0.717, 1.165) is 36.5 Å². The summed E-state index contributed by atoms with van der Waals surface area (Å²) in [6.07, 6.45) is 8.31. The molecular weight excluding hydrogens is 262 g/mol. The van der Waals surface area contributed by atoms with Gasteiger partial charge in [-0.05, 0) is 44.5 Å². The van der Waals surface area contributed by atoms with Gasteiger partial charge in [0.2, 0.25) is 0 Å². The molecule has 1 aliphatic rings. The second-order valence-electron chi connectivity index (χ2n) is 6.01. The lowest BCUT2D eigenvalue weighted by Gasteiger charge is -2.24. The Hall–Kier alpha value is -1.68. The molecule has 0 saturated carbocycles. The Bertz CT molecular complexity index is 669. The number of pyridine rings is 1. The van der Waals surface area contributed by atoms with Crippen molar-refractivity contribution >= 4 is 5.65 Å². The third kappa shape index (κ3) is 3.32. The lowest BCUT2D eigenvalue weighted by atomic mass is 10.1. The zero-order chi connectivity index (χ0) is 14.7. The van der Waals surface area contributed by atoms with Crippen molar-refractivity contribution in [3.8, 4) is 0 Å². The minimum Gasteiger partial charge on any atom is -0.298 e. The molecule has 3 heterocycles. The van der Waals surface area contributed by atoms with E-state index in [0.29, 0.717) is 0 Å². The Morgan fingerprint density at radius 1 is 1.14 bits per heavy atom. The van der Waals surface area contributed by atoms with Crippen LogP contribution in [0.5, 0.6) is 0 Å². The third-order valence-electron chi connectivity index (χ3n) is 4.27. The van der Waals surface area contributed by atoms with E-state index in [-0.39, 0.29) is 5.56 Å². The number of hydrogen-bond acceptors (Lipinski definition) is 3. The first-order valence-corrected chi connectivity index (χ1v) is 7.94. The molecule has 0 spiro atoms. The summed E-state index contributed by atoms with van der Waals surface area (Å²) < 4.78 is 1.63. The molecule has 0 aromatic carbocycles. The lowest BCUT2D eigenvalue weighted by Crippen LogP contribution is -2.28. The molecule has 0 N–H and O–H groups in total. The summed E-state index contributed by atoms with van der Waals surface area (Å²) >= 11 is 0. The van der Waals surface area contributed by atoms with Crippen molar-refractivity contribution in [1.29, 1.82) is 0 Å². The molecule has 0 aliphatic carbocycles. The van der Waals surface area contributed by atoms with Crippen molar-refractivity contribution in [3.63, 3.8) is 0 Å². The van der Waals surface area contributed by atoms with Crippen LogP contribution in [0.2, 0.25) is 0 Å². The predicted octanol–water partition coefficient (Wildman–Crippen LogP) is 2.77. The van der Waals surface area contributed by atoms with Crippen LogP contribution in [0.4, 0.5) is 0 Å². The van der Waals surface area contributed by atoms with Crippen LogP contribution in [0.15, 0.2) is 29.2 Å². The minimum absolute atomic E-state index is 0.0192. The molecule has 1 fully saturated rings. The van der Waals surface area contributed by atoms with Crippen molar-refractivity contribution in [3.05, 3.63) is 46.0 Å². The Morgan fingerprint density at radius 3 is 2.62 bits per heavy atom. The molecule has 21 heavy (non-hydrogen) atoms. The van der Waals surface area contributed by atoms with Gasteiger partial charge in [0.15, 0.2) is 0 Å². The zero-order valence-electron chi connectivity index (χ0n) is 12.7. The predicted molar refractivity (Wildman–Crippen MR) is 84.6 cm³/mol. The highest BCUT2D eigenvalue weighted by Crippen LogP contribution is 2.13. The first kappa shape index (κ1) is 14.3.